The first-order chi connectivity index (χ1) is 9.69. The van der Waals surface area contributed by atoms with Gasteiger partial charge in [-0.05, 0) is 38.6 Å². The van der Waals surface area contributed by atoms with Crippen LogP contribution in [0.25, 0.3) is 0 Å². The van der Waals surface area contributed by atoms with E-state index in [1.54, 1.807) is 0 Å². The van der Waals surface area contributed by atoms with Crippen molar-refractivity contribution in [3.63, 3.8) is 0 Å². The largest absolute Gasteiger partial charge is 0.498 e. The predicted molar refractivity (Wildman–Crippen MR) is 84.8 cm³/mol. The van der Waals surface area contributed by atoms with Gasteiger partial charge in [-0.25, -0.2) is 0 Å². The number of likely N-dealkylation sites (N-methyl/N-ethyl adjacent to an activating group) is 1. The number of ether oxygens (including phenoxy) is 1. The van der Waals surface area contributed by atoms with Crippen molar-refractivity contribution in [2.24, 2.45) is 5.92 Å². The molecule has 1 aliphatic rings. The lowest BCUT2D eigenvalue weighted by molar-refractivity contribution is 0.138. The molecule has 1 aromatic rings. The molecule has 0 aromatic heterocycles. The van der Waals surface area contributed by atoms with Gasteiger partial charge in [0.15, 0.2) is 0 Å². The van der Waals surface area contributed by atoms with Crippen LogP contribution in [0.3, 0.4) is 0 Å². The lowest BCUT2D eigenvalue weighted by atomic mass is 9.67. The highest BCUT2D eigenvalue weighted by atomic mass is 16.5. The second kappa shape index (κ2) is 6.94. The molecule has 0 bridgehead atoms. The highest BCUT2D eigenvalue weighted by molar-refractivity contribution is 5.42. The average Bonchev–Trinajstić information content (AvgIpc) is 2.44. The van der Waals surface area contributed by atoms with Gasteiger partial charge in [-0.2, -0.15) is 0 Å². The Balaban J connectivity index is 2.31. The lowest BCUT2D eigenvalue weighted by Gasteiger charge is -2.42. The van der Waals surface area contributed by atoms with Crippen LogP contribution in [0.2, 0.25) is 0 Å². The van der Waals surface area contributed by atoms with Crippen LogP contribution in [0.1, 0.15) is 38.2 Å². The SMILES string of the molecule is CCCC1C(OCC)=C(CN(C)C)C1c1ccccc1. The molecule has 1 aliphatic carbocycles. The highest BCUT2D eigenvalue weighted by Gasteiger charge is 2.41. The van der Waals surface area contributed by atoms with Gasteiger partial charge in [0.05, 0.1) is 6.61 Å². The summed E-state index contributed by atoms with van der Waals surface area (Å²) >= 11 is 0. The van der Waals surface area contributed by atoms with E-state index in [0.29, 0.717) is 11.8 Å². The van der Waals surface area contributed by atoms with Gasteiger partial charge in [-0.15, -0.1) is 0 Å². The van der Waals surface area contributed by atoms with Gasteiger partial charge in [0.1, 0.15) is 5.76 Å². The molecule has 20 heavy (non-hydrogen) atoms. The van der Waals surface area contributed by atoms with E-state index in [1.807, 2.05) is 0 Å². The molecule has 1 aromatic carbocycles. The van der Waals surface area contributed by atoms with Crippen molar-refractivity contribution in [3.8, 4) is 0 Å². The number of benzene rings is 1. The fraction of sp³-hybridized carbons (Fsp3) is 0.556. The van der Waals surface area contributed by atoms with Crippen molar-refractivity contribution in [2.45, 2.75) is 32.6 Å². The third-order valence-electron chi connectivity index (χ3n) is 3.98. The maximum atomic E-state index is 5.96. The monoisotopic (exact) mass is 273 g/mol. The Morgan fingerprint density at radius 2 is 1.80 bits per heavy atom. The van der Waals surface area contributed by atoms with E-state index in [9.17, 15) is 0 Å². The molecule has 2 atom stereocenters. The standard InChI is InChI=1S/C18H27NO/c1-5-10-15-17(14-11-8-7-9-12-14)16(13-19(3)4)18(15)20-6-2/h7-9,11-12,15,17H,5-6,10,13H2,1-4H3. The van der Waals surface area contributed by atoms with Gasteiger partial charge in [-0.3, -0.25) is 0 Å². The molecule has 0 fully saturated rings. The number of hydrogen-bond donors (Lipinski definition) is 0. The Labute approximate surface area is 123 Å². The minimum Gasteiger partial charge on any atom is -0.498 e. The van der Waals surface area contributed by atoms with E-state index in [0.717, 1.165) is 13.2 Å². The summed E-state index contributed by atoms with van der Waals surface area (Å²) in [6, 6.07) is 10.9. The zero-order valence-electron chi connectivity index (χ0n) is 13.2. The maximum absolute atomic E-state index is 5.96. The van der Waals surface area contributed by atoms with Crippen molar-refractivity contribution < 1.29 is 4.74 Å². The van der Waals surface area contributed by atoms with Crippen LogP contribution >= 0.6 is 0 Å². The smallest absolute Gasteiger partial charge is 0.101 e. The molecule has 2 nitrogen and oxygen atoms in total. The third-order valence-corrected chi connectivity index (χ3v) is 3.98. The number of rotatable bonds is 7. The van der Waals surface area contributed by atoms with Gasteiger partial charge >= 0.3 is 0 Å². The Bertz CT molecular complexity index is 450. The molecule has 2 unspecified atom stereocenters. The van der Waals surface area contributed by atoms with E-state index >= 15 is 0 Å². The molecule has 0 saturated carbocycles. The van der Waals surface area contributed by atoms with Crippen LogP contribution < -0.4 is 0 Å². The van der Waals surface area contributed by atoms with Gasteiger partial charge in [0.2, 0.25) is 0 Å². The first-order valence-electron chi connectivity index (χ1n) is 7.74. The molecule has 2 rings (SSSR count). The molecule has 0 saturated heterocycles. The van der Waals surface area contributed by atoms with Crippen LogP contribution in [0.5, 0.6) is 0 Å². The van der Waals surface area contributed by atoms with Crippen LogP contribution in [-0.4, -0.2) is 32.1 Å². The summed E-state index contributed by atoms with van der Waals surface area (Å²) in [5, 5.41) is 0. The fourth-order valence-electron chi connectivity index (χ4n) is 3.26. The summed E-state index contributed by atoms with van der Waals surface area (Å²) in [7, 11) is 4.26. The topological polar surface area (TPSA) is 12.5 Å². The van der Waals surface area contributed by atoms with Crippen molar-refractivity contribution in [2.75, 3.05) is 27.2 Å². The highest BCUT2D eigenvalue weighted by Crippen LogP contribution is 2.50. The van der Waals surface area contributed by atoms with Crippen molar-refractivity contribution in [1.82, 2.24) is 4.90 Å². The van der Waals surface area contributed by atoms with Gasteiger partial charge in [-0.1, -0.05) is 43.7 Å². The van der Waals surface area contributed by atoms with Crippen molar-refractivity contribution in [1.29, 1.82) is 0 Å². The second-order valence-electron chi connectivity index (χ2n) is 5.84. The molecule has 0 amide bonds. The van der Waals surface area contributed by atoms with Crippen LogP contribution in [0, 0.1) is 5.92 Å². The molecule has 0 aliphatic heterocycles. The molecular formula is C18H27NO. The molecule has 0 spiro atoms. The number of allylic oxidation sites excluding steroid dienone is 1. The number of hydrogen-bond acceptors (Lipinski definition) is 2. The Hall–Kier alpha value is -1.28. The lowest BCUT2D eigenvalue weighted by Crippen LogP contribution is -2.35. The average molecular weight is 273 g/mol. The summed E-state index contributed by atoms with van der Waals surface area (Å²) < 4.78 is 5.96. The predicted octanol–water partition coefficient (Wildman–Crippen LogP) is 4.05. The third kappa shape index (κ3) is 3.06. The Morgan fingerprint density at radius 3 is 2.35 bits per heavy atom. The summed E-state index contributed by atoms with van der Waals surface area (Å²) in [6.45, 7) is 6.11. The molecule has 110 valence electrons. The Morgan fingerprint density at radius 1 is 1.10 bits per heavy atom. The van der Waals surface area contributed by atoms with E-state index in [1.165, 1.54) is 29.7 Å². The fourth-order valence-corrected chi connectivity index (χ4v) is 3.26. The molecule has 0 heterocycles. The zero-order valence-corrected chi connectivity index (χ0v) is 13.2. The quantitative estimate of drug-likeness (QED) is 0.743. The number of nitrogens with zero attached hydrogens (tertiary/aromatic N) is 1. The minimum atomic E-state index is 0.542. The van der Waals surface area contributed by atoms with Crippen LogP contribution in [-0.2, 0) is 4.74 Å². The summed E-state index contributed by atoms with van der Waals surface area (Å²) in [4.78, 5) is 2.24. The maximum Gasteiger partial charge on any atom is 0.101 e. The normalized spacial score (nSPS) is 22.1. The zero-order chi connectivity index (χ0) is 14.5. The van der Waals surface area contributed by atoms with Gasteiger partial charge in [0, 0.05) is 18.4 Å². The van der Waals surface area contributed by atoms with E-state index in [2.05, 4.69) is 63.2 Å². The van der Waals surface area contributed by atoms with E-state index < -0.39 is 0 Å². The van der Waals surface area contributed by atoms with Crippen LogP contribution in [0.15, 0.2) is 41.7 Å². The van der Waals surface area contributed by atoms with Gasteiger partial charge < -0.3 is 9.64 Å². The second-order valence-corrected chi connectivity index (χ2v) is 5.84. The van der Waals surface area contributed by atoms with Crippen molar-refractivity contribution in [3.05, 3.63) is 47.2 Å². The Kier molecular flexibility index (Phi) is 5.24. The molecular weight excluding hydrogens is 246 g/mol. The van der Waals surface area contributed by atoms with E-state index in [-0.39, 0.29) is 0 Å². The first kappa shape index (κ1) is 15.1. The van der Waals surface area contributed by atoms with Crippen LogP contribution in [0.4, 0.5) is 0 Å². The van der Waals surface area contributed by atoms with Crippen molar-refractivity contribution >= 4 is 0 Å². The minimum absolute atomic E-state index is 0.542. The molecule has 2 heteroatoms. The van der Waals surface area contributed by atoms with Gasteiger partial charge in [0.25, 0.3) is 0 Å². The first-order valence-corrected chi connectivity index (χ1v) is 7.74. The van der Waals surface area contributed by atoms with E-state index in [4.69, 9.17) is 4.74 Å². The summed E-state index contributed by atoms with van der Waals surface area (Å²) in [6.07, 6.45) is 2.42. The molecule has 0 N–H and O–H groups in total. The summed E-state index contributed by atoms with van der Waals surface area (Å²) in [5.74, 6) is 2.37. The summed E-state index contributed by atoms with van der Waals surface area (Å²) in [5.41, 5.74) is 2.91. The molecule has 0 radical (unpaired) electrons.